The van der Waals surface area contributed by atoms with Crippen molar-refractivity contribution in [1.82, 2.24) is 5.32 Å². The molecule has 1 heterocycles. The first kappa shape index (κ1) is 69.1. The van der Waals surface area contributed by atoms with Gasteiger partial charge in [-0.1, -0.05) is 239 Å². The van der Waals surface area contributed by atoms with Crippen molar-refractivity contribution in [3.63, 3.8) is 0 Å². The number of ether oxygens (including phenoxy) is 3. The molecule has 75 heavy (non-hydrogen) atoms. The summed E-state index contributed by atoms with van der Waals surface area (Å²) in [6.07, 6.45) is 59.6. The normalized spacial score (nSPS) is 20.1. The summed E-state index contributed by atoms with van der Waals surface area (Å²) in [7, 11) is 0. The Balaban J connectivity index is 2.78. The molecule has 1 aliphatic heterocycles. The first-order valence-electron chi connectivity index (χ1n) is 29.3. The Hall–Kier alpha value is -3.94. The number of esters is 1. The highest BCUT2D eigenvalue weighted by atomic mass is 16.7. The third-order valence-corrected chi connectivity index (χ3v) is 12.9. The van der Waals surface area contributed by atoms with Crippen molar-refractivity contribution in [2.45, 2.75) is 256 Å². The standard InChI is InChI=1S/C64H105NO10/c1-4-7-10-13-16-19-22-25-27-28-29-30-31-34-37-40-43-46-49-52-59(69)75-62-61(71)60(70)58(53-66)74-64(62)73-54-55(56(67)50-47-44-41-38-35-32-24-21-18-15-12-9-6-3)65-63(72)57(68)51-48-45-42-39-36-33-26-23-20-17-14-11-8-5-2/h7-8,10-11,14,16-17,19-20,23,25,27,29-30,34,37,43,46-47,50,55-58,60-62,64,66-68,70-71H,4-6,9,12-13,15,18,21-22,24,26,28,31-33,35-36,38-42,44-45,48-49,51-54H2,1-3H3,(H,65,72)/b10-7-,11-8+,17-14+,19-16-,23-20+,27-25-,30-29-,37-34-,46-43-,50-47+. The topological polar surface area (TPSA) is 175 Å². The molecule has 0 spiro atoms. The zero-order valence-corrected chi connectivity index (χ0v) is 46.9. The first-order chi connectivity index (χ1) is 36.7. The highest BCUT2D eigenvalue weighted by molar-refractivity contribution is 5.80. The number of hydrogen-bond acceptors (Lipinski definition) is 10. The smallest absolute Gasteiger partial charge is 0.306 e. The van der Waals surface area contributed by atoms with Crippen molar-refractivity contribution in [3.8, 4) is 0 Å². The van der Waals surface area contributed by atoms with Crippen molar-refractivity contribution >= 4 is 11.9 Å². The highest BCUT2D eigenvalue weighted by Gasteiger charge is 2.47. The summed E-state index contributed by atoms with van der Waals surface area (Å²) in [6, 6.07) is -1.05. The number of rotatable bonds is 47. The number of hydrogen-bond donors (Lipinski definition) is 6. The molecule has 8 atom stereocenters. The number of amides is 1. The van der Waals surface area contributed by atoms with E-state index < -0.39 is 67.4 Å². The number of unbranched alkanes of at least 4 members (excludes halogenated alkanes) is 17. The lowest BCUT2D eigenvalue weighted by atomic mass is 9.99. The fourth-order valence-corrected chi connectivity index (χ4v) is 8.32. The molecule has 1 aliphatic rings. The number of nitrogens with one attached hydrogen (secondary N) is 1. The van der Waals surface area contributed by atoms with Crippen LogP contribution in [0.15, 0.2) is 122 Å². The van der Waals surface area contributed by atoms with E-state index in [0.29, 0.717) is 19.3 Å². The molecule has 1 amide bonds. The molecule has 0 aromatic rings. The van der Waals surface area contributed by atoms with E-state index in [1.54, 1.807) is 6.08 Å². The van der Waals surface area contributed by atoms with Crippen LogP contribution in [-0.2, 0) is 23.8 Å². The first-order valence-corrected chi connectivity index (χ1v) is 29.3. The van der Waals surface area contributed by atoms with E-state index in [0.717, 1.165) is 103 Å². The quantitative estimate of drug-likeness (QED) is 0.0149. The fraction of sp³-hybridized carbons (Fsp3) is 0.656. The molecular weight excluding hydrogens is 943 g/mol. The summed E-state index contributed by atoms with van der Waals surface area (Å²) in [4.78, 5) is 26.5. The lowest BCUT2D eigenvalue weighted by Crippen LogP contribution is -2.61. The van der Waals surface area contributed by atoms with Crippen LogP contribution in [-0.4, -0.2) is 99.6 Å². The second-order valence-electron chi connectivity index (χ2n) is 19.7. The Morgan fingerprint density at radius 1 is 0.547 bits per heavy atom. The van der Waals surface area contributed by atoms with Gasteiger partial charge in [-0.15, -0.1) is 0 Å². The van der Waals surface area contributed by atoms with Crippen LogP contribution < -0.4 is 5.32 Å². The molecule has 426 valence electrons. The minimum atomic E-state index is -1.65. The summed E-state index contributed by atoms with van der Waals surface area (Å²) in [5, 5.41) is 56.8. The van der Waals surface area contributed by atoms with E-state index in [9.17, 15) is 35.1 Å². The molecule has 0 radical (unpaired) electrons. The maximum absolute atomic E-state index is 13.4. The molecule has 6 N–H and O–H groups in total. The van der Waals surface area contributed by atoms with Crippen molar-refractivity contribution in [2.24, 2.45) is 0 Å². The maximum atomic E-state index is 13.4. The van der Waals surface area contributed by atoms with Gasteiger partial charge in [0.1, 0.15) is 24.4 Å². The number of carbonyl (C=O) groups is 2. The Morgan fingerprint density at radius 2 is 1.03 bits per heavy atom. The van der Waals surface area contributed by atoms with Gasteiger partial charge in [-0.05, 0) is 83.5 Å². The Bertz CT molecular complexity index is 1680. The van der Waals surface area contributed by atoms with Crippen LogP contribution in [0.1, 0.15) is 207 Å². The number of aliphatic hydroxyl groups excluding tert-OH is 5. The monoisotopic (exact) mass is 1050 g/mol. The molecule has 0 aromatic carbocycles. The second kappa shape index (κ2) is 50.9. The van der Waals surface area contributed by atoms with E-state index in [2.05, 4.69) is 111 Å². The van der Waals surface area contributed by atoms with E-state index in [1.807, 2.05) is 30.4 Å². The van der Waals surface area contributed by atoms with Crippen LogP contribution in [0.25, 0.3) is 0 Å². The average molecular weight is 1050 g/mol. The van der Waals surface area contributed by atoms with Crippen molar-refractivity contribution in [1.29, 1.82) is 0 Å². The Labute approximate surface area is 455 Å². The Kier molecular flexibility index (Phi) is 46.8. The molecule has 1 saturated heterocycles. The minimum Gasteiger partial charge on any atom is -0.454 e. The number of carbonyl (C=O) groups excluding carboxylic acids is 2. The molecule has 1 fully saturated rings. The maximum Gasteiger partial charge on any atom is 0.306 e. The van der Waals surface area contributed by atoms with E-state index >= 15 is 0 Å². The van der Waals surface area contributed by atoms with Gasteiger partial charge in [-0.25, -0.2) is 0 Å². The summed E-state index contributed by atoms with van der Waals surface area (Å²) < 4.78 is 17.5. The summed E-state index contributed by atoms with van der Waals surface area (Å²) in [6.45, 7) is 5.47. The summed E-state index contributed by atoms with van der Waals surface area (Å²) >= 11 is 0. The molecule has 0 aromatic heterocycles. The zero-order valence-electron chi connectivity index (χ0n) is 46.9. The molecule has 8 unspecified atom stereocenters. The van der Waals surface area contributed by atoms with E-state index in [-0.39, 0.29) is 19.4 Å². The third-order valence-electron chi connectivity index (χ3n) is 12.9. The van der Waals surface area contributed by atoms with Crippen LogP contribution in [0.4, 0.5) is 0 Å². The van der Waals surface area contributed by atoms with Gasteiger partial charge < -0.3 is 45.1 Å². The minimum absolute atomic E-state index is 0.00986. The van der Waals surface area contributed by atoms with Crippen molar-refractivity contribution in [3.05, 3.63) is 122 Å². The van der Waals surface area contributed by atoms with Gasteiger partial charge in [0.15, 0.2) is 12.4 Å². The van der Waals surface area contributed by atoms with Crippen LogP contribution in [0.5, 0.6) is 0 Å². The largest absolute Gasteiger partial charge is 0.454 e. The van der Waals surface area contributed by atoms with Crippen LogP contribution in [0.2, 0.25) is 0 Å². The van der Waals surface area contributed by atoms with Crippen LogP contribution in [0, 0.1) is 0 Å². The summed E-state index contributed by atoms with van der Waals surface area (Å²) in [5.74, 6) is -1.31. The van der Waals surface area contributed by atoms with Gasteiger partial charge in [-0.3, -0.25) is 9.59 Å². The predicted molar refractivity (Wildman–Crippen MR) is 310 cm³/mol. The molecule has 11 nitrogen and oxygen atoms in total. The predicted octanol–water partition coefficient (Wildman–Crippen LogP) is 13.5. The lowest BCUT2D eigenvalue weighted by molar-refractivity contribution is -0.305. The summed E-state index contributed by atoms with van der Waals surface area (Å²) in [5.41, 5.74) is 0. The van der Waals surface area contributed by atoms with Gasteiger partial charge in [0, 0.05) is 6.42 Å². The molecule has 0 bridgehead atoms. The molecular formula is C64H105NO10. The number of aliphatic hydroxyl groups is 5. The molecule has 1 rings (SSSR count). The van der Waals surface area contributed by atoms with Gasteiger partial charge in [0.25, 0.3) is 0 Å². The van der Waals surface area contributed by atoms with Gasteiger partial charge in [-0.2, -0.15) is 0 Å². The second-order valence-corrected chi connectivity index (χ2v) is 19.7. The van der Waals surface area contributed by atoms with Gasteiger partial charge >= 0.3 is 5.97 Å². The molecule has 0 aliphatic carbocycles. The van der Waals surface area contributed by atoms with Crippen molar-refractivity contribution < 1.29 is 49.3 Å². The zero-order chi connectivity index (χ0) is 54.7. The van der Waals surface area contributed by atoms with Gasteiger partial charge in [0.05, 0.1) is 25.4 Å². The van der Waals surface area contributed by atoms with E-state index in [1.165, 1.54) is 51.4 Å². The fourth-order valence-electron chi connectivity index (χ4n) is 8.32. The van der Waals surface area contributed by atoms with Crippen LogP contribution in [0.3, 0.4) is 0 Å². The van der Waals surface area contributed by atoms with E-state index in [4.69, 9.17) is 14.2 Å². The Morgan fingerprint density at radius 3 is 1.56 bits per heavy atom. The van der Waals surface area contributed by atoms with Crippen molar-refractivity contribution in [2.75, 3.05) is 13.2 Å². The molecule has 11 heteroatoms. The van der Waals surface area contributed by atoms with Gasteiger partial charge in [0.2, 0.25) is 5.91 Å². The average Bonchev–Trinajstić information content (AvgIpc) is 3.41. The highest BCUT2D eigenvalue weighted by Crippen LogP contribution is 2.26. The molecule has 0 saturated carbocycles. The van der Waals surface area contributed by atoms with Crippen LogP contribution >= 0.6 is 0 Å². The SMILES string of the molecule is CC/C=C\C/C=C\C/C=C\C/C=C\C/C=C\C/C=C\CCC(=O)OC1C(OCC(NC(=O)C(O)CCCCCCCC/C=C/C=C/C=C/CC)C(O)/C=C/CCCCCCCCCCCCC)OC(CO)C(O)C1O. The number of allylic oxidation sites excluding steroid dienone is 19. The lowest BCUT2D eigenvalue weighted by Gasteiger charge is -2.41. The third kappa shape index (κ3) is 39.1.